The molecule has 0 radical (unpaired) electrons. The molecular weight excluding hydrogens is 403 g/mol. The minimum Gasteiger partial charge on any atom is -0.382 e. The molecule has 0 amide bonds. The quantitative estimate of drug-likeness (QED) is 0.738. The molecule has 1 atom stereocenters. The highest BCUT2D eigenvalue weighted by atomic mass is 35.5. The summed E-state index contributed by atoms with van der Waals surface area (Å²) in [6.07, 6.45) is -3.78. The fourth-order valence-corrected chi connectivity index (χ4v) is 4.23. The largest absolute Gasteiger partial charge is 0.501 e. The first kappa shape index (κ1) is 19.1. The second-order valence-electron chi connectivity index (χ2n) is 5.77. The van der Waals surface area contributed by atoms with Crippen molar-refractivity contribution in [3.05, 3.63) is 52.5 Å². The highest BCUT2D eigenvalue weighted by Crippen LogP contribution is 2.51. The molecule has 0 aromatic heterocycles. The van der Waals surface area contributed by atoms with E-state index in [1.165, 1.54) is 18.2 Å². The van der Waals surface area contributed by atoms with E-state index in [2.05, 4.69) is 0 Å². The molecule has 0 unspecified atom stereocenters. The van der Waals surface area contributed by atoms with Gasteiger partial charge in [-0.1, -0.05) is 35.9 Å². The lowest BCUT2D eigenvalue weighted by atomic mass is 9.96. The van der Waals surface area contributed by atoms with Gasteiger partial charge in [0, 0.05) is 22.6 Å². The molecule has 2 aromatic rings. The SMILES string of the molecule is O=S(=O)(c1ccc(-c2ccccc2Cl)c2c1[C@H](O)C(F)(F)C2)C(F)(F)F. The summed E-state index contributed by atoms with van der Waals surface area (Å²) in [5, 5.41) is 9.99. The highest BCUT2D eigenvalue weighted by Gasteiger charge is 2.54. The first-order chi connectivity index (χ1) is 11.9. The van der Waals surface area contributed by atoms with Gasteiger partial charge in [0.15, 0.2) is 0 Å². The molecule has 3 nitrogen and oxygen atoms in total. The normalized spacial score (nSPS) is 19.4. The molecule has 1 aliphatic rings. The Morgan fingerprint density at radius 1 is 1.08 bits per heavy atom. The summed E-state index contributed by atoms with van der Waals surface area (Å²) in [7, 11) is -5.92. The maximum Gasteiger partial charge on any atom is 0.501 e. The first-order valence-electron chi connectivity index (χ1n) is 7.16. The fourth-order valence-electron chi connectivity index (χ4n) is 2.97. The Kier molecular flexibility index (Phi) is 4.33. The topological polar surface area (TPSA) is 54.4 Å². The zero-order chi connectivity index (χ0) is 19.5. The Balaban J connectivity index is 2.35. The summed E-state index contributed by atoms with van der Waals surface area (Å²) in [5.41, 5.74) is -6.72. The van der Waals surface area contributed by atoms with Crippen LogP contribution >= 0.6 is 11.6 Å². The van der Waals surface area contributed by atoms with Crippen molar-refractivity contribution in [2.75, 3.05) is 0 Å². The molecule has 0 fully saturated rings. The highest BCUT2D eigenvalue weighted by molar-refractivity contribution is 7.92. The van der Waals surface area contributed by atoms with Crippen LogP contribution < -0.4 is 0 Å². The van der Waals surface area contributed by atoms with Gasteiger partial charge in [-0.25, -0.2) is 17.2 Å². The smallest absolute Gasteiger partial charge is 0.382 e. The van der Waals surface area contributed by atoms with E-state index in [1.54, 1.807) is 6.07 Å². The van der Waals surface area contributed by atoms with E-state index in [0.717, 1.165) is 6.07 Å². The van der Waals surface area contributed by atoms with E-state index in [-0.39, 0.29) is 21.7 Å². The van der Waals surface area contributed by atoms with Gasteiger partial charge >= 0.3 is 5.51 Å². The van der Waals surface area contributed by atoms with Crippen LogP contribution in [0.5, 0.6) is 0 Å². The number of aliphatic hydroxyl groups excluding tert-OH is 1. The second kappa shape index (κ2) is 5.90. The zero-order valence-corrected chi connectivity index (χ0v) is 14.3. The molecule has 0 saturated heterocycles. The van der Waals surface area contributed by atoms with Crippen LogP contribution in [-0.4, -0.2) is 25.0 Å². The molecule has 10 heteroatoms. The van der Waals surface area contributed by atoms with Gasteiger partial charge in [-0.15, -0.1) is 0 Å². The van der Waals surface area contributed by atoms with Crippen LogP contribution in [0.2, 0.25) is 5.02 Å². The summed E-state index contributed by atoms with van der Waals surface area (Å²) < 4.78 is 90.4. The van der Waals surface area contributed by atoms with Gasteiger partial charge in [0.25, 0.3) is 15.8 Å². The Bertz CT molecular complexity index is 986. The van der Waals surface area contributed by atoms with Crippen LogP contribution in [0.25, 0.3) is 11.1 Å². The van der Waals surface area contributed by atoms with Crippen molar-refractivity contribution in [2.45, 2.75) is 28.9 Å². The van der Waals surface area contributed by atoms with Gasteiger partial charge in [-0.05, 0) is 23.3 Å². The summed E-state index contributed by atoms with van der Waals surface area (Å²) in [6.45, 7) is 0. The third-order valence-corrected chi connectivity index (χ3v) is 6.04. The van der Waals surface area contributed by atoms with E-state index in [9.17, 15) is 35.5 Å². The van der Waals surface area contributed by atoms with Crippen molar-refractivity contribution in [1.29, 1.82) is 0 Å². The van der Waals surface area contributed by atoms with Crippen LogP contribution in [0.4, 0.5) is 22.0 Å². The van der Waals surface area contributed by atoms with E-state index >= 15 is 0 Å². The monoisotopic (exact) mass is 412 g/mol. The van der Waals surface area contributed by atoms with E-state index < -0.39 is 44.3 Å². The van der Waals surface area contributed by atoms with Crippen LogP contribution in [0.1, 0.15) is 17.2 Å². The van der Waals surface area contributed by atoms with Crippen LogP contribution in [0.15, 0.2) is 41.3 Å². The number of benzene rings is 2. The van der Waals surface area contributed by atoms with Gasteiger partial charge in [-0.2, -0.15) is 13.2 Å². The molecule has 1 N–H and O–H groups in total. The number of fused-ring (bicyclic) bond motifs is 1. The lowest BCUT2D eigenvalue weighted by molar-refractivity contribution is -0.0977. The Labute approximate surface area is 149 Å². The minimum atomic E-state index is -5.92. The summed E-state index contributed by atoms with van der Waals surface area (Å²) >= 11 is 6.02. The lowest BCUT2D eigenvalue weighted by Crippen LogP contribution is -2.26. The molecule has 3 rings (SSSR count). The molecule has 0 saturated carbocycles. The number of alkyl halides is 5. The Hall–Kier alpha value is -1.71. The van der Waals surface area contributed by atoms with Crippen molar-refractivity contribution in [2.24, 2.45) is 0 Å². The molecule has 0 spiro atoms. The fraction of sp³-hybridized carbons (Fsp3) is 0.250. The van der Waals surface area contributed by atoms with Crippen molar-refractivity contribution in [3.8, 4) is 11.1 Å². The molecule has 26 heavy (non-hydrogen) atoms. The number of aliphatic hydroxyl groups is 1. The summed E-state index contributed by atoms with van der Waals surface area (Å²) in [4.78, 5) is -1.37. The minimum absolute atomic E-state index is 0.0444. The number of halogens is 6. The Morgan fingerprint density at radius 2 is 1.69 bits per heavy atom. The zero-order valence-electron chi connectivity index (χ0n) is 12.7. The maximum atomic E-state index is 14.0. The maximum absolute atomic E-state index is 14.0. The molecule has 0 bridgehead atoms. The van der Waals surface area contributed by atoms with Gasteiger partial charge < -0.3 is 5.11 Å². The second-order valence-corrected chi connectivity index (χ2v) is 8.09. The molecule has 0 aliphatic heterocycles. The van der Waals surface area contributed by atoms with Crippen molar-refractivity contribution >= 4 is 21.4 Å². The van der Waals surface area contributed by atoms with Crippen LogP contribution in [0.3, 0.4) is 0 Å². The predicted molar refractivity (Wildman–Crippen MR) is 83.7 cm³/mol. The average Bonchev–Trinajstić information content (AvgIpc) is 2.76. The van der Waals surface area contributed by atoms with Crippen LogP contribution in [0, 0.1) is 0 Å². The van der Waals surface area contributed by atoms with E-state index in [4.69, 9.17) is 11.6 Å². The van der Waals surface area contributed by atoms with E-state index in [1.807, 2.05) is 0 Å². The van der Waals surface area contributed by atoms with E-state index in [0.29, 0.717) is 6.07 Å². The predicted octanol–water partition coefficient (Wildman–Crippen LogP) is 4.53. The average molecular weight is 413 g/mol. The van der Waals surface area contributed by atoms with Gasteiger partial charge in [-0.3, -0.25) is 0 Å². The number of sulfone groups is 1. The van der Waals surface area contributed by atoms with Crippen molar-refractivity contribution in [1.82, 2.24) is 0 Å². The third kappa shape index (κ3) is 2.78. The number of hydrogen-bond acceptors (Lipinski definition) is 3. The van der Waals surface area contributed by atoms with Gasteiger partial charge in [0.1, 0.15) is 6.10 Å². The third-order valence-electron chi connectivity index (χ3n) is 4.16. The van der Waals surface area contributed by atoms with Crippen LogP contribution in [-0.2, 0) is 16.3 Å². The number of hydrogen-bond donors (Lipinski definition) is 1. The van der Waals surface area contributed by atoms with Gasteiger partial charge in [0.2, 0.25) is 0 Å². The van der Waals surface area contributed by atoms with Crippen molar-refractivity contribution < 1.29 is 35.5 Å². The molecule has 140 valence electrons. The molecule has 1 aliphatic carbocycles. The molecular formula is C16H10ClF5O3S. The molecule has 2 aromatic carbocycles. The van der Waals surface area contributed by atoms with Crippen molar-refractivity contribution in [3.63, 3.8) is 0 Å². The summed E-state index contributed by atoms with van der Waals surface area (Å²) in [5.74, 6) is -3.81. The first-order valence-corrected chi connectivity index (χ1v) is 9.02. The van der Waals surface area contributed by atoms with Gasteiger partial charge in [0.05, 0.1) is 4.90 Å². The number of rotatable bonds is 2. The standard InChI is InChI=1S/C16H10ClF5O3S/c17-11-4-2-1-3-9(11)8-5-6-12(26(24,25)16(20,21)22)13-10(8)7-15(18,19)14(13)23/h1-6,14,23H,7H2/t14-/m0/s1. The summed E-state index contributed by atoms with van der Waals surface area (Å²) in [6, 6.07) is 7.58. The molecule has 0 heterocycles. The lowest BCUT2D eigenvalue weighted by Gasteiger charge is -2.18. The Morgan fingerprint density at radius 3 is 2.27 bits per heavy atom.